The van der Waals surface area contributed by atoms with Gasteiger partial charge in [-0.2, -0.15) is 0 Å². The minimum atomic E-state index is 0.277. The van der Waals surface area contributed by atoms with E-state index in [1.54, 1.807) is 11.3 Å². The summed E-state index contributed by atoms with van der Waals surface area (Å²) in [5.74, 6) is 0.580. The average molecular weight is 184 g/mol. The third-order valence-corrected chi connectivity index (χ3v) is 2.99. The standard InChI is InChI=1S/C9H16N2S/c1-3-8(7(2)10)6-9-11-4-5-12-9/h4-5,7-8H,3,6,10H2,1-2H3. The molecule has 68 valence electrons. The van der Waals surface area contributed by atoms with E-state index < -0.39 is 0 Å². The first-order valence-electron chi connectivity index (χ1n) is 4.38. The molecule has 0 saturated heterocycles. The molecule has 0 amide bonds. The molecule has 0 aliphatic carbocycles. The van der Waals surface area contributed by atoms with Crippen molar-refractivity contribution in [1.29, 1.82) is 0 Å². The molecule has 1 aromatic rings. The fourth-order valence-corrected chi connectivity index (χ4v) is 1.99. The van der Waals surface area contributed by atoms with Crippen molar-refractivity contribution < 1.29 is 0 Å². The molecule has 1 heterocycles. The summed E-state index contributed by atoms with van der Waals surface area (Å²) in [5.41, 5.74) is 5.84. The Bertz CT molecular complexity index is 206. The second-order valence-corrected chi connectivity index (χ2v) is 4.14. The van der Waals surface area contributed by atoms with Crippen molar-refractivity contribution in [2.75, 3.05) is 0 Å². The van der Waals surface area contributed by atoms with Gasteiger partial charge in [0.25, 0.3) is 0 Å². The van der Waals surface area contributed by atoms with Crippen LogP contribution < -0.4 is 5.73 Å². The smallest absolute Gasteiger partial charge is 0.0928 e. The van der Waals surface area contributed by atoms with Crippen molar-refractivity contribution >= 4 is 11.3 Å². The molecule has 2 unspecified atom stereocenters. The Morgan fingerprint density at radius 2 is 2.42 bits per heavy atom. The van der Waals surface area contributed by atoms with E-state index in [1.165, 1.54) is 5.01 Å². The topological polar surface area (TPSA) is 38.9 Å². The van der Waals surface area contributed by atoms with Gasteiger partial charge in [0, 0.05) is 24.0 Å². The zero-order valence-electron chi connectivity index (χ0n) is 7.66. The average Bonchev–Trinajstić information content (AvgIpc) is 2.51. The lowest BCUT2D eigenvalue weighted by atomic mass is 9.96. The third kappa shape index (κ3) is 2.57. The van der Waals surface area contributed by atoms with Gasteiger partial charge >= 0.3 is 0 Å². The minimum absolute atomic E-state index is 0.277. The second kappa shape index (κ2) is 4.58. The highest BCUT2D eigenvalue weighted by atomic mass is 32.1. The predicted molar refractivity (Wildman–Crippen MR) is 53.2 cm³/mol. The molecule has 0 fully saturated rings. The van der Waals surface area contributed by atoms with Crippen LogP contribution in [0.3, 0.4) is 0 Å². The predicted octanol–water partition coefficient (Wildman–Crippen LogP) is 2.06. The Morgan fingerprint density at radius 3 is 2.83 bits per heavy atom. The Hall–Kier alpha value is -0.410. The molecule has 1 aromatic heterocycles. The highest BCUT2D eigenvalue weighted by molar-refractivity contribution is 7.09. The molecule has 0 saturated carbocycles. The van der Waals surface area contributed by atoms with Gasteiger partial charge in [0.15, 0.2) is 0 Å². The molecule has 2 atom stereocenters. The molecule has 2 nitrogen and oxygen atoms in total. The Labute approximate surface area is 77.8 Å². The van der Waals surface area contributed by atoms with E-state index in [0.29, 0.717) is 5.92 Å². The van der Waals surface area contributed by atoms with Crippen LogP contribution in [0.15, 0.2) is 11.6 Å². The van der Waals surface area contributed by atoms with Gasteiger partial charge in [-0.3, -0.25) is 0 Å². The fraction of sp³-hybridized carbons (Fsp3) is 0.667. The molecule has 0 aliphatic rings. The molecule has 0 bridgehead atoms. The van der Waals surface area contributed by atoms with Crippen molar-refractivity contribution in [3.05, 3.63) is 16.6 Å². The molecule has 12 heavy (non-hydrogen) atoms. The Kier molecular flexibility index (Phi) is 3.69. The molecule has 0 spiro atoms. The molecule has 0 aromatic carbocycles. The number of hydrogen-bond acceptors (Lipinski definition) is 3. The SMILES string of the molecule is CCC(Cc1nccs1)C(C)N. The number of aromatic nitrogens is 1. The van der Waals surface area contributed by atoms with Crippen LogP contribution in [-0.2, 0) is 6.42 Å². The van der Waals surface area contributed by atoms with Crippen LogP contribution >= 0.6 is 11.3 Å². The maximum atomic E-state index is 5.84. The Morgan fingerprint density at radius 1 is 1.67 bits per heavy atom. The number of nitrogens with zero attached hydrogens (tertiary/aromatic N) is 1. The van der Waals surface area contributed by atoms with Gasteiger partial charge in [0.05, 0.1) is 5.01 Å². The third-order valence-electron chi connectivity index (χ3n) is 2.19. The number of thiazole rings is 1. The minimum Gasteiger partial charge on any atom is -0.328 e. The van der Waals surface area contributed by atoms with Gasteiger partial charge in [0.2, 0.25) is 0 Å². The number of rotatable bonds is 4. The first-order chi connectivity index (χ1) is 5.74. The van der Waals surface area contributed by atoms with Crippen LogP contribution in [0.4, 0.5) is 0 Å². The molecule has 2 N–H and O–H groups in total. The molecular formula is C9H16N2S. The van der Waals surface area contributed by atoms with Gasteiger partial charge in [-0.15, -0.1) is 11.3 Å². The van der Waals surface area contributed by atoms with Crippen LogP contribution in [0, 0.1) is 5.92 Å². The molecule has 1 rings (SSSR count). The normalized spacial score (nSPS) is 15.9. The lowest BCUT2D eigenvalue weighted by Gasteiger charge is -2.16. The van der Waals surface area contributed by atoms with Crippen LogP contribution in [0.1, 0.15) is 25.3 Å². The second-order valence-electron chi connectivity index (χ2n) is 3.16. The summed E-state index contributed by atoms with van der Waals surface area (Å²) in [5, 5.41) is 3.22. The quantitative estimate of drug-likeness (QED) is 0.778. The van der Waals surface area contributed by atoms with E-state index in [-0.39, 0.29) is 6.04 Å². The van der Waals surface area contributed by atoms with Crippen LogP contribution in [0.5, 0.6) is 0 Å². The lowest BCUT2D eigenvalue weighted by Crippen LogP contribution is -2.27. The fourth-order valence-electron chi connectivity index (χ4n) is 1.28. The zero-order valence-corrected chi connectivity index (χ0v) is 8.47. The van der Waals surface area contributed by atoms with Gasteiger partial charge in [-0.1, -0.05) is 13.3 Å². The summed E-state index contributed by atoms with van der Waals surface area (Å²) in [4.78, 5) is 4.25. The van der Waals surface area contributed by atoms with Crippen molar-refractivity contribution in [2.24, 2.45) is 11.7 Å². The van der Waals surface area contributed by atoms with E-state index in [0.717, 1.165) is 12.8 Å². The van der Waals surface area contributed by atoms with Gasteiger partial charge in [-0.05, 0) is 12.8 Å². The summed E-state index contributed by atoms with van der Waals surface area (Å²) in [6, 6.07) is 0.277. The first kappa shape index (κ1) is 9.68. The maximum absolute atomic E-state index is 5.84. The van der Waals surface area contributed by atoms with Gasteiger partial charge < -0.3 is 5.73 Å². The summed E-state index contributed by atoms with van der Waals surface area (Å²) >= 11 is 1.72. The first-order valence-corrected chi connectivity index (χ1v) is 5.26. The van der Waals surface area contributed by atoms with Crippen LogP contribution in [0.2, 0.25) is 0 Å². The van der Waals surface area contributed by atoms with E-state index in [2.05, 4.69) is 18.8 Å². The van der Waals surface area contributed by atoms with Crippen molar-refractivity contribution in [2.45, 2.75) is 32.7 Å². The molecule has 3 heteroatoms. The monoisotopic (exact) mass is 184 g/mol. The molecule has 0 aliphatic heterocycles. The van der Waals surface area contributed by atoms with Crippen LogP contribution in [0.25, 0.3) is 0 Å². The van der Waals surface area contributed by atoms with E-state index >= 15 is 0 Å². The van der Waals surface area contributed by atoms with E-state index in [4.69, 9.17) is 5.73 Å². The molecule has 0 radical (unpaired) electrons. The highest BCUT2D eigenvalue weighted by Gasteiger charge is 2.12. The summed E-state index contributed by atoms with van der Waals surface area (Å²) in [6.45, 7) is 4.25. The van der Waals surface area contributed by atoms with Crippen LogP contribution in [-0.4, -0.2) is 11.0 Å². The largest absolute Gasteiger partial charge is 0.328 e. The van der Waals surface area contributed by atoms with Crippen molar-refractivity contribution in [3.8, 4) is 0 Å². The van der Waals surface area contributed by atoms with E-state index in [9.17, 15) is 0 Å². The lowest BCUT2D eigenvalue weighted by molar-refractivity contribution is 0.427. The number of hydrogen-bond donors (Lipinski definition) is 1. The highest BCUT2D eigenvalue weighted by Crippen LogP contribution is 2.16. The summed E-state index contributed by atoms with van der Waals surface area (Å²) < 4.78 is 0. The van der Waals surface area contributed by atoms with Gasteiger partial charge in [-0.25, -0.2) is 4.98 Å². The Balaban J connectivity index is 2.48. The maximum Gasteiger partial charge on any atom is 0.0928 e. The molecular weight excluding hydrogens is 168 g/mol. The number of nitrogens with two attached hydrogens (primary N) is 1. The van der Waals surface area contributed by atoms with Crippen molar-refractivity contribution in [3.63, 3.8) is 0 Å². The van der Waals surface area contributed by atoms with Crippen molar-refractivity contribution in [1.82, 2.24) is 4.98 Å². The summed E-state index contributed by atoms with van der Waals surface area (Å²) in [7, 11) is 0. The van der Waals surface area contributed by atoms with E-state index in [1.807, 2.05) is 11.6 Å². The van der Waals surface area contributed by atoms with Gasteiger partial charge in [0.1, 0.15) is 0 Å². The zero-order chi connectivity index (χ0) is 8.97. The summed E-state index contributed by atoms with van der Waals surface area (Å²) in [6.07, 6.45) is 4.02.